The van der Waals surface area contributed by atoms with Gasteiger partial charge in [0, 0.05) is 13.5 Å². The first kappa shape index (κ1) is 8.81. The molecular weight excluding hydrogens is 168 g/mol. The lowest BCUT2D eigenvalue weighted by Crippen LogP contribution is -2.58. The fourth-order valence-corrected chi connectivity index (χ4v) is 2.26. The second kappa shape index (κ2) is 3.18. The molecule has 4 nitrogen and oxygen atoms in total. The van der Waals surface area contributed by atoms with Gasteiger partial charge in [0.05, 0.1) is 12.1 Å². The van der Waals surface area contributed by atoms with Gasteiger partial charge in [0.15, 0.2) is 0 Å². The number of amides is 1. The zero-order valence-electron chi connectivity index (χ0n) is 8.01. The van der Waals surface area contributed by atoms with E-state index < -0.39 is 0 Å². The van der Waals surface area contributed by atoms with Gasteiger partial charge in [-0.2, -0.15) is 0 Å². The first-order valence-electron chi connectivity index (χ1n) is 4.86. The second-order valence-corrected chi connectivity index (χ2v) is 3.90. The van der Waals surface area contributed by atoms with Crippen molar-refractivity contribution in [3.05, 3.63) is 0 Å². The molecule has 0 saturated carbocycles. The molecule has 0 aromatic carbocycles. The lowest BCUT2D eigenvalue weighted by molar-refractivity contribution is -0.00589. The van der Waals surface area contributed by atoms with E-state index in [9.17, 15) is 4.79 Å². The number of piperidine rings is 1. The summed E-state index contributed by atoms with van der Waals surface area (Å²) in [5.74, 6) is 0. The van der Waals surface area contributed by atoms with Gasteiger partial charge in [0.2, 0.25) is 0 Å². The van der Waals surface area contributed by atoms with Gasteiger partial charge < -0.3 is 15.0 Å². The normalized spacial score (nSPS) is 27.5. The van der Waals surface area contributed by atoms with Crippen molar-refractivity contribution in [2.75, 3.05) is 26.7 Å². The third-order valence-electron chi connectivity index (χ3n) is 3.31. The molecule has 0 aromatic rings. The van der Waals surface area contributed by atoms with Gasteiger partial charge >= 0.3 is 6.09 Å². The minimum Gasteiger partial charge on any atom is -0.449 e. The molecule has 1 spiro atoms. The number of rotatable bonds is 0. The Hall–Kier alpha value is -0.770. The molecule has 0 aliphatic carbocycles. The Morgan fingerprint density at radius 3 is 2.77 bits per heavy atom. The highest BCUT2D eigenvalue weighted by Gasteiger charge is 2.41. The number of hydrogen-bond donors (Lipinski definition) is 1. The van der Waals surface area contributed by atoms with E-state index in [2.05, 4.69) is 5.32 Å². The van der Waals surface area contributed by atoms with Crippen LogP contribution in [0.1, 0.15) is 19.3 Å². The predicted octanol–water partition coefficient (Wildman–Crippen LogP) is 0.581. The summed E-state index contributed by atoms with van der Waals surface area (Å²) in [7, 11) is 1.85. The van der Waals surface area contributed by atoms with Crippen molar-refractivity contribution in [3.8, 4) is 0 Å². The van der Waals surface area contributed by atoms with Crippen molar-refractivity contribution in [2.45, 2.75) is 24.8 Å². The van der Waals surface area contributed by atoms with Gasteiger partial charge in [-0.05, 0) is 25.9 Å². The van der Waals surface area contributed by atoms with Crippen LogP contribution in [0.15, 0.2) is 0 Å². The summed E-state index contributed by atoms with van der Waals surface area (Å²) in [4.78, 5) is 13.1. The molecular formula is C9H16N2O2. The summed E-state index contributed by atoms with van der Waals surface area (Å²) in [5, 5.41) is 3.31. The molecule has 13 heavy (non-hydrogen) atoms. The van der Waals surface area contributed by atoms with Gasteiger partial charge in [0.1, 0.15) is 0 Å². The number of ether oxygens (including phenoxy) is 1. The van der Waals surface area contributed by atoms with Crippen molar-refractivity contribution in [1.29, 1.82) is 0 Å². The quantitative estimate of drug-likeness (QED) is 0.598. The maximum Gasteiger partial charge on any atom is 0.409 e. The van der Waals surface area contributed by atoms with E-state index in [0.29, 0.717) is 6.61 Å². The number of nitrogens with zero attached hydrogens (tertiary/aromatic N) is 1. The number of carbonyl (C=O) groups excluding carboxylic acids is 1. The van der Waals surface area contributed by atoms with Crippen LogP contribution in [0.2, 0.25) is 0 Å². The summed E-state index contributed by atoms with van der Waals surface area (Å²) in [6.45, 7) is 2.61. The predicted molar refractivity (Wildman–Crippen MR) is 48.6 cm³/mol. The number of hydrogen-bond acceptors (Lipinski definition) is 3. The minimum atomic E-state index is -0.159. The molecule has 1 amide bonds. The average Bonchev–Trinajstić information content (AvgIpc) is 2.16. The largest absolute Gasteiger partial charge is 0.449 e. The van der Waals surface area contributed by atoms with Crippen LogP contribution in [-0.2, 0) is 4.74 Å². The van der Waals surface area contributed by atoms with Gasteiger partial charge in [-0.3, -0.25) is 0 Å². The Balaban J connectivity index is 2.13. The van der Waals surface area contributed by atoms with Crippen LogP contribution >= 0.6 is 0 Å². The maximum atomic E-state index is 11.4. The molecule has 0 bridgehead atoms. The van der Waals surface area contributed by atoms with E-state index in [4.69, 9.17) is 4.74 Å². The fourth-order valence-electron chi connectivity index (χ4n) is 2.26. The highest BCUT2D eigenvalue weighted by Crippen LogP contribution is 2.32. The summed E-state index contributed by atoms with van der Waals surface area (Å²) in [6.07, 6.45) is 2.93. The first-order valence-corrected chi connectivity index (χ1v) is 4.86. The zero-order chi connectivity index (χ0) is 9.31. The van der Waals surface area contributed by atoms with Gasteiger partial charge in [-0.25, -0.2) is 4.79 Å². The average molecular weight is 184 g/mol. The zero-order valence-corrected chi connectivity index (χ0v) is 8.01. The van der Waals surface area contributed by atoms with E-state index in [1.165, 1.54) is 0 Å². The highest BCUT2D eigenvalue weighted by molar-refractivity contribution is 5.69. The van der Waals surface area contributed by atoms with Crippen LogP contribution in [-0.4, -0.2) is 43.3 Å². The highest BCUT2D eigenvalue weighted by atomic mass is 16.6. The van der Waals surface area contributed by atoms with Crippen LogP contribution < -0.4 is 5.32 Å². The summed E-state index contributed by atoms with van der Waals surface area (Å²) in [6, 6.07) is 0. The maximum absolute atomic E-state index is 11.4. The minimum absolute atomic E-state index is 0.0839. The van der Waals surface area contributed by atoms with Crippen LogP contribution in [0, 0.1) is 0 Å². The molecule has 2 aliphatic heterocycles. The summed E-state index contributed by atoms with van der Waals surface area (Å²) in [5.41, 5.74) is 0.0839. The Bertz CT molecular complexity index is 206. The van der Waals surface area contributed by atoms with Crippen molar-refractivity contribution >= 4 is 6.09 Å². The van der Waals surface area contributed by atoms with Crippen molar-refractivity contribution in [2.24, 2.45) is 0 Å². The fraction of sp³-hybridized carbons (Fsp3) is 0.889. The standard InChI is InChI=1S/C9H16N2O2/c1-11-8(12)13-7-4-9(11)2-5-10-6-3-9/h10H,2-7H2,1H3. The molecule has 1 N–H and O–H groups in total. The molecule has 2 heterocycles. The molecule has 2 fully saturated rings. The van der Waals surface area contributed by atoms with Crippen molar-refractivity contribution in [3.63, 3.8) is 0 Å². The molecule has 0 aromatic heterocycles. The van der Waals surface area contributed by atoms with Crippen LogP contribution in [0.5, 0.6) is 0 Å². The first-order chi connectivity index (χ1) is 6.25. The van der Waals surface area contributed by atoms with Crippen molar-refractivity contribution < 1.29 is 9.53 Å². The number of cyclic esters (lactones) is 1. The Labute approximate surface area is 78.2 Å². The SMILES string of the molecule is CN1C(=O)OCCC12CCNCC2. The van der Waals surface area contributed by atoms with Crippen LogP contribution in [0.3, 0.4) is 0 Å². The van der Waals surface area contributed by atoms with Gasteiger partial charge in [-0.1, -0.05) is 0 Å². The molecule has 0 unspecified atom stereocenters. The van der Waals surface area contributed by atoms with Crippen molar-refractivity contribution in [1.82, 2.24) is 10.2 Å². The lowest BCUT2D eigenvalue weighted by atomic mass is 9.83. The Morgan fingerprint density at radius 2 is 2.08 bits per heavy atom. The third kappa shape index (κ3) is 1.39. The van der Waals surface area contributed by atoms with Gasteiger partial charge in [0.25, 0.3) is 0 Å². The van der Waals surface area contributed by atoms with E-state index in [1.54, 1.807) is 4.90 Å². The third-order valence-corrected chi connectivity index (χ3v) is 3.31. The molecule has 2 saturated heterocycles. The summed E-state index contributed by atoms with van der Waals surface area (Å²) < 4.78 is 4.98. The Kier molecular flexibility index (Phi) is 2.15. The molecule has 4 heteroatoms. The molecule has 0 atom stereocenters. The van der Waals surface area contributed by atoms with E-state index in [1.807, 2.05) is 7.05 Å². The smallest absolute Gasteiger partial charge is 0.409 e. The molecule has 2 rings (SSSR count). The second-order valence-electron chi connectivity index (χ2n) is 3.90. The van der Waals surface area contributed by atoms with E-state index in [0.717, 1.165) is 32.4 Å². The lowest BCUT2D eigenvalue weighted by Gasteiger charge is -2.46. The number of nitrogens with one attached hydrogen (secondary N) is 1. The Morgan fingerprint density at radius 1 is 1.38 bits per heavy atom. The summed E-state index contributed by atoms with van der Waals surface area (Å²) >= 11 is 0. The molecule has 0 radical (unpaired) electrons. The number of carbonyl (C=O) groups is 1. The van der Waals surface area contributed by atoms with E-state index in [-0.39, 0.29) is 11.6 Å². The van der Waals surface area contributed by atoms with Crippen LogP contribution in [0.4, 0.5) is 4.79 Å². The van der Waals surface area contributed by atoms with E-state index >= 15 is 0 Å². The van der Waals surface area contributed by atoms with Crippen LogP contribution in [0.25, 0.3) is 0 Å². The molecule has 74 valence electrons. The van der Waals surface area contributed by atoms with Gasteiger partial charge in [-0.15, -0.1) is 0 Å². The monoisotopic (exact) mass is 184 g/mol. The topological polar surface area (TPSA) is 41.6 Å². The molecule has 2 aliphatic rings.